The molecule has 0 spiro atoms. The second-order valence-corrected chi connectivity index (χ2v) is 13.4. The van der Waals surface area contributed by atoms with Gasteiger partial charge in [-0.25, -0.2) is 27.8 Å². The Kier molecular flexibility index (Phi) is 9.40. The maximum Gasteiger partial charge on any atom is 0.148 e. The van der Waals surface area contributed by atoms with Crippen molar-refractivity contribution in [2.75, 3.05) is 31.0 Å². The van der Waals surface area contributed by atoms with E-state index in [1.165, 1.54) is 36.1 Å². The first kappa shape index (κ1) is 30.6. The van der Waals surface area contributed by atoms with E-state index in [1.807, 2.05) is 30.5 Å². The number of halogens is 2. The van der Waals surface area contributed by atoms with E-state index in [0.29, 0.717) is 51.3 Å². The number of benzene rings is 3. The van der Waals surface area contributed by atoms with Crippen molar-refractivity contribution in [1.29, 1.82) is 0 Å². The smallest absolute Gasteiger partial charge is 0.148 e. The molecule has 0 aliphatic heterocycles. The summed E-state index contributed by atoms with van der Waals surface area (Å²) in [6.45, 7) is 2.46. The number of nitrogens with zero attached hydrogens (tertiary/aromatic N) is 3. The van der Waals surface area contributed by atoms with Crippen molar-refractivity contribution in [3.63, 3.8) is 0 Å². The van der Waals surface area contributed by atoms with Crippen molar-refractivity contribution in [2.45, 2.75) is 19.6 Å². The van der Waals surface area contributed by atoms with Crippen molar-refractivity contribution in [2.24, 2.45) is 0 Å². The Hall–Kier alpha value is -3.84. The van der Waals surface area contributed by atoms with E-state index in [2.05, 4.69) is 20.6 Å². The lowest BCUT2D eigenvalue weighted by atomic mass is 10.1. The van der Waals surface area contributed by atoms with Crippen LogP contribution in [0, 0.1) is 5.82 Å². The van der Waals surface area contributed by atoms with Gasteiger partial charge in [-0.15, -0.1) is 11.3 Å². The van der Waals surface area contributed by atoms with E-state index in [4.69, 9.17) is 26.1 Å². The molecule has 1 unspecified atom stereocenters. The van der Waals surface area contributed by atoms with Crippen LogP contribution in [-0.2, 0) is 16.4 Å². The fourth-order valence-corrected chi connectivity index (χ4v) is 5.91. The molecular formula is C30H29ClFN5O4S2. The molecule has 2 heterocycles. The van der Waals surface area contributed by atoms with E-state index in [0.717, 1.165) is 16.0 Å². The minimum atomic E-state index is -3.05. The number of rotatable bonds is 12. The van der Waals surface area contributed by atoms with E-state index >= 15 is 0 Å². The SMILES string of the molecule is COc1cc2ncnc(Nc3ccc(OCc4cccc(F)c4)c(Cl)c3)c2cc1-c1csc(C(C)NCCS(C)(=O)=O)n1. The van der Waals surface area contributed by atoms with Gasteiger partial charge in [0.05, 0.1) is 35.1 Å². The van der Waals surface area contributed by atoms with Gasteiger partial charge >= 0.3 is 0 Å². The van der Waals surface area contributed by atoms with Crippen LogP contribution in [0.5, 0.6) is 11.5 Å². The maximum atomic E-state index is 13.5. The van der Waals surface area contributed by atoms with Gasteiger partial charge in [-0.3, -0.25) is 0 Å². The molecule has 0 aliphatic rings. The third-order valence-electron chi connectivity index (χ3n) is 6.53. The summed E-state index contributed by atoms with van der Waals surface area (Å²) in [4.78, 5) is 13.7. The van der Waals surface area contributed by atoms with Crippen molar-refractivity contribution < 1.29 is 22.3 Å². The number of ether oxygens (including phenoxy) is 2. The lowest BCUT2D eigenvalue weighted by molar-refractivity contribution is 0.306. The highest BCUT2D eigenvalue weighted by molar-refractivity contribution is 7.90. The fraction of sp³-hybridized carbons (Fsp3) is 0.233. The normalized spacial score (nSPS) is 12.3. The summed E-state index contributed by atoms with van der Waals surface area (Å²) in [7, 11) is -1.46. The van der Waals surface area contributed by atoms with E-state index in [1.54, 1.807) is 31.4 Å². The summed E-state index contributed by atoms with van der Waals surface area (Å²) in [5, 5.41) is 10.4. The van der Waals surface area contributed by atoms with Crippen LogP contribution in [0.15, 0.2) is 66.3 Å². The molecular weight excluding hydrogens is 613 g/mol. The van der Waals surface area contributed by atoms with Gasteiger partial charge in [0.2, 0.25) is 0 Å². The first-order valence-electron chi connectivity index (χ1n) is 13.2. The Morgan fingerprint density at radius 2 is 1.93 bits per heavy atom. The van der Waals surface area contributed by atoms with Gasteiger partial charge in [-0.05, 0) is 48.9 Å². The number of hydrogen-bond acceptors (Lipinski definition) is 10. The van der Waals surface area contributed by atoms with Gasteiger partial charge in [0.25, 0.3) is 0 Å². The number of aromatic nitrogens is 3. The van der Waals surface area contributed by atoms with Crippen LogP contribution in [0.2, 0.25) is 5.02 Å². The van der Waals surface area contributed by atoms with Crippen LogP contribution < -0.4 is 20.1 Å². The number of anilines is 2. The minimum Gasteiger partial charge on any atom is -0.496 e. The van der Waals surface area contributed by atoms with Gasteiger partial charge < -0.3 is 20.1 Å². The lowest BCUT2D eigenvalue weighted by Gasteiger charge is -2.14. The average molecular weight is 642 g/mol. The third-order valence-corrected chi connectivity index (χ3v) is 8.79. The Labute approximate surface area is 258 Å². The number of fused-ring (bicyclic) bond motifs is 1. The molecule has 5 rings (SSSR count). The first-order valence-corrected chi connectivity index (χ1v) is 16.5. The standard InChI is InChI=1S/C30H29ClFN5O4S2/c1-18(33-9-10-43(3,38)39)30-37-26(16-42-30)22-13-23-25(14-28(22)40-2)34-17-35-29(23)36-21-7-8-27(24(31)12-21)41-15-19-5-4-6-20(32)11-19/h4-8,11-14,16-18,33H,9-10,15H2,1-3H3,(H,34,35,36). The monoisotopic (exact) mass is 641 g/mol. The molecule has 224 valence electrons. The van der Waals surface area contributed by atoms with Crippen LogP contribution in [0.25, 0.3) is 22.2 Å². The zero-order valence-corrected chi connectivity index (χ0v) is 26.0. The second kappa shape index (κ2) is 13.2. The largest absolute Gasteiger partial charge is 0.496 e. The predicted octanol–water partition coefficient (Wildman–Crippen LogP) is 6.57. The van der Waals surface area contributed by atoms with Crippen LogP contribution >= 0.6 is 22.9 Å². The summed E-state index contributed by atoms with van der Waals surface area (Å²) in [6.07, 6.45) is 2.68. The summed E-state index contributed by atoms with van der Waals surface area (Å²) < 4.78 is 47.9. The highest BCUT2D eigenvalue weighted by atomic mass is 35.5. The highest BCUT2D eigenvalue weighted by Gasteiger charge is 2.17. The minimum absolute atomic E-state index is 0.0553. The van der Waals surface area contributed by atoms with Crippen LogP contribution in [-0.4, -0.2) is 49.0 Å². The molecule has 0 fully saturated rings. The number of sulfone groups is 1. The average Bonchev–Trinajstić information content (AvgIpc) is 3.46. The van der Waals surface area contributed by atoms with Gasteiger partial charge in [0.1, 0.15) is 50.9 Å². The van der Waals surface area contributed by atoms with E-state index < -0.39 is 9.84 Å². The first-order chi connectivity index (χ1) is 20.6. The van der Waals surface area contributed by atoms with Crippen molar-refractivity contribution >= 4 is 55.2 Å². The zero-order chi connectivity index (χ0) is 30.6. The number of thiazole rings is 1. The summed E-state index contributed by atoms with van der Waals surface area (Å²) in [5.74, 6) is 1.36. The molecule has 0 bridgehead atoms. The van der Waals surface area contributed by atoms with Crippen LogP contribution in [0.3, 0.4) is 0 Å². The fourth-order valence-electron chi connectivity index (χ4n) is 4.33. The van der Waals surface area contributed by atoms with Gasteiger partial charge in [0.15, 0.2) is 0 Å². The number of hydrogen-bond donors (Lipinski definition) is 2. The van der Waals surface area contributed by atoms with Crippen molar-refractivity contribution in [1.82, 2.24) is 20.3 Å². The molecule has 9 nitrogen and oxygen atoms in total. The Morgan fingerprint density at radius 1 is 1.09 bits per heavy atom. The Balaban J connectivity index is 1.37. The molecule has 0 amide bonds. The van der Waals surface area contributed by atoms with Gasteiger partial charge in [0, 0.05) is 40.9 Å². The highest BCUT2D eigenvalue weighted by Crippen LogP contribution is 2.38. The topological polar surface area (TPSA) is 115 Å². The van der Waals surface area contributed by atoms with Crippen LogP contribution in [0.1, 0.15) is 23.5 Å². The van der Waals surface area contributed by atoms with Gasteiger partial charge in [-0.1, -0.05) is 23.7 Å². The number of nitrogens with one attached hydrogen (secondary N) is 2. The molecule has 3 aromatic carbocycles. The Morgan fingerprint density at radius 3 is 2.67 bits per heavy atom. The molecule has 2 aromatic heterocycles. The molecule has 0 saturated heterocycles. The molecule has 5 aromatic rings. The molecule has 2 N–H and O–H groups in total. The summed E-state index contributed by atoms with van der Waals surface area (Å²) in [5.41, 5.74) is 3.53. The van der Waals surface area contributed by atoms with Crippen molar-refractivity contribution in [3.8, 4) is 22.8 Å². The zero-order valence-electron chi connectivity index (χ0n) is 23.6. The second-order valence-electron chi connectivity index (χ2n) is 9.86. The predicted molar refractivity (Wildman–Crippen MR) is 169 cm³/mol. The molecule has 43 heavy (non-hydrogen) atoms. The maximum absolute atomic E-state index is 13.5. The quantitative estimate of drug-likeness (QED) is 0.156. The Bertz CT molecular complexity index is 1870. The molecule has 0 saturated carbocycles. The lowest BCUT2D eigenvalue weighted by Crippen LogP contribution is -2.25. The van der Waals surface area contributed by atoms with Crippen molar-refractivity contribution in [3.05, 3.63) is 87.7 Å². The molecule has 1 atom stereocenters. The molecule has 0 radical (unpaired) electrons. The third kappa shape index (κ3) is 7.77. The van der Waals surface area contributed by atoms with E-state index in [-0.39, 0.29) is 24.2 Å². The number of methoxy groups -OCH3 is 1. The van der Waals surface area contributed by atoms with E-state index in [9.17, 15) is 12.8 Å². The summed E-state index contributed by atoms with van der Waals surface area (Å²) in [6, 6.07) is 15.1. The molecule has 13 heteroatoms. The van der Waals surface area contributed by atoms with Crippen LogP contribution in [0.4, 0.5) is 15.9 Å². The molecule has 0 aliphatic carbocycles. The van der Waals surface area contributed by atoms with Gasteiger partial charge in [-0.2, -0.15) is 0 Å². The summed E-state index contributed by atoms with van der Waals surface area (Å²) >= 11 is 7.98.